The van der Waals surface area contributed by atoms with E-state index in [1.54, 1.807) is 6.26 Å². The minimum Gasteiger partial charge on any atom is -0.492 e. The summed E-state index contributed by atoms with van der Waals surface area (Å²) in [5, 5.41) is 6.49. The second-order valence-electron chi connectivity index (χ2n) is 5.18. The van der Waals surface area contributed by atoms with Crippen molar-refractivity contribution >= 4 is 29.9 Å². The predicted molar refractivity (Wildman–Crippen MR) is 108 cm³/mol. The molecular weight excluding hydrogens is 417 g/mol. The maximum Gasteiger partial charge on any atom is 0.191 e. The Morgan fingerprint density at radius 3 is 2.62 bits per heavy atom. The number of hydrogen-bond donors (Lipinski definition) is 2. The summed E-state index contributed by atoms with van der Waals surface area (Å²) >= 11 is 0. The molecule has 0 aliphatic rings. The van der Waals surface area contributed by atoms with E-state index in [-0.39, 0.29) is 24.0 Å². The van der Waals surface area contributed by atoms with E-state index in [9.17, 15) is 0 Å². The van der Waals surface area contributed by atoms with Crippen LogP contribution in [-0.2, 0) is 6.42 Å². The number of benzene rings is 1. The summed E-state index contributed by atoms with van der Waals surface area (Å²) in [6, 6.07) is 11.9. The molecule has 132 valence electrons. The van der Waals surface area contributed by atoms with Crippen molar-refractivity contribution in [3.63, 3.8) is 0 Å². The third-order valence-electron chi connectivity index (χ3n) is 3.24. The van der Waals surface area contributed by atoms with E-state index in [4.69, 9.17) is 9.15 Å². The fraction of sp³-hybridized carbons (Fsp3) is 0.389. The number of rotatable bonds is 8. The highest BCUT2D eigenvalue weighted by molar-refractivity contribution is 14.0. The van der Waals surface area contributed by atoms with E-state index in [0.717, 1.165) is 30.4 Å². The molecule has 24 heavy (non-hydrogen) atoms. The third-order valence-corrected chi connectivity index (χ3v) is 3.24. The van der Waals surface area contributed by atoms with Crippen LogP contribution in [-0.4, -0.2) is 32.2 Å². The summed E-state index contributed by atoms with van der Waals surface area (Å²) in [6.45, 7) is 6.90. The number of hydrogen-bond acceptors (Lipinski definition) is 3. The van der Waals surface area contributed by atoms with Gasteiger partial charge in [-0.15, -0.1) is 24.0 Å². The van der Waals surface area contributed by atoms with Crippen LogP contribution in [0.1, 0.15) is 18.2 Å². The van der Waals surface area contributed by atoms with Crippen molar-refractivity contribution in [1.29, 1.82) is 0 Å². The summed E-state index contributed by atoms with van der Waals surface area (Å²) in [5.41, 5.74) is 1.23. The number of nitrogens with one attached hydrogen (secondary N) is 2. The first kappa shape index (κ1) is 20.3. The molecule has 1 aromatic heterocycles. The number of ether oxygens (including phenoxy) is 1. The SMILES string of the molecule is CCNC(=NCCc1ccco1)NCCOc1ccc(C)cc1.I. The first-order chi connectivity index (χ1) is 11.3. The maximum atomic E-state index is 5.69. The van der Waals surface area contributed by atoms with Crippen molar-refractivity contribution < 1.29 is 9.15 Å². The van der Waals surface area contributed by atoms with Crippen molar-refractivity contribution in [2.45, 2.75) is 20.3 Å². The summed E-state index contributed by atoms with van der Waals surface area (Å²) < 4.78 is 11.0. The average Bonchev–Trinajstić information content (AvgIpc) is 3.06. The van der Waals surface area contributed by atoms with Crippen LogP contribution < -0.4 is 15.4 Å². The largest absolute Gasteiger partial charge is 0.492 e. The monoisotopic (exact) mass is 443 g/mol. The Morgan fingerprint density at radius 2 is 1.96 bits per heavy atom. The Balaban J connectivity index is 0.00000288. The van der Waals surface area contributed by atoms with Crippen LogP contribution in [0.5, 0.6) is 5.75 Å². The normalized spacial score (nSPS) is 10.8. The molecule has 0 bridgehead atoms. The zero-order chi connectivity index (χ0) is 16.3. The molecule has 2 rings (SSSR count). The Bertz CT molecular complexity index is 583. The number of halogens is 1. The summed E-state index contributed by atoms with van der Waals surface area (Å²) in [5.74, 6) is 2.64. The van der Waals surface area contributed by atoms with Gasteiger partial charge in [0.05, 0.1) is 12.8 Å². The van der Waals surface area contributed by atoms with Crippen LogP contribution in [0.25, 0.3) is 0 Å². The van der Waals surface area contributed by atoms with Crippen LogP contribution in [0.15, 0.2) is 52.1 Å². The number of guanidine groups is 1. The molecule has 5 nitrogen and oxygen atoms in total. The smallest absolute Gasteiger partial charge is 0.191 e. The quantitative estimate of drug-likeness (QED) is 0.284. The number of aryl methyl sites for hydroxylation is 1. The molecule has 1 aromatic carbocycles. The van der Waals surface area contributed by atoms with Gasteiger partial charge in [-0.2, -0.15) is 0 Å². The van der Waals surface area contributed by atoms with Crippen molar-refractivity contribution in [3.8, 4) is 5.75 Å². The Kier molecular flexibility index (Phi) is 9.98. The van der Waals surface area contributed by atoms with Gasteiger partial charge >= 0.3 is 0 Å². The molecule has 1 heterocycles. The van der Waals surface area contributed by atoms with Crippen molar-refractivity contribution in [2.75, 3.05) is 26.2 Å². The average molecular weight is 443 g/mol. The molecule has 0 unspecified atom stereocenters. The molecule has 0 saturated carbocycles. The molecule has 0 amide bonds. The summed E-state index contributed by atoms with van der Waals surface area (Å²) in [4.78, 5) is 4.52. The predicted octanol–water partition coefficient (Wildman–Crippen LogP) is 3.38. The highest BCUT2D eigenvalue weighted by Crippen LogP contribution is 2.10. The minimum absolute atomic E-state index is 0. The van der Waals surface area contributed by atoms with Gasteiger partial charge in [0.1, 0.15) is 18.1 Å². The molecule has 0 atom stereocenters. The lowest BCUT2D eigenvalue weighted by Crippen LogP contribution is -2.39. The van der Waals surface area contributed by atoms with Crippen LogP contribution >= 0.6 is 24.0 Å². The van der Waals surface area contributed by atoms with Gasteiger partial charge < -0.3 is 19.8 Å². The highest BCUT2D eigenvalue weighted by Gasteiger charge is 1.99. The molecule has 0 aliphatic heterocycles. The fourth-order valence-corrected chi connectivity index (χ4v) is 2.05. The van der Waals surface area contributed by atoms with Crippen molar-refractivity contribution in [2.24, 2.45) is 4.99 Å². The van der Waals surface area contributed by atoms with Gasteiger partial charge in [-0.05, 0) is 38.1 Å². The first-order valence-corrected chi connectivity index (χ1v) is 8.02. The Hall–Kier alpha value is -1.70. The molecular formula is C18H26IN3O2. The van der Waals surface area contributed by atoms with E-state index in [2.05, 4.69) is 22.5 Å². The van der Waals surface area contributed by atoms with Gasteiger partial charge in [-0.1, -0.05) is 17.7 Å². The van der Waals surface area contributed by atoms with Crippen LogP contribution in [0.4, 0.5) is 0 Å². The Morgan fingerprint density at radius 1 is 1.17 bits per heavy atom. The van der Waals surface area contributed by atoms with Crippen LogP contribution in [0, 0.1) is 6.92 Å². The lowest BCUT2D eigenvalue weighted by Gasteiger charge is -2.12. The summed E-state index contributed by atoms with van der Waals surface area (Å²) in [6.07, 6.45) is 2.48. The minimum atomic E-state index is 0. The van der Waals surface area contributed by atoms with Gasteiger partial charge in [-0.3, -0.25) is 4.99 Å². The summed E-state index contributed by atoms with van der Waals surface area (Å²) in [7, 11) is 0. The van der Waals surface area contributed by atoms with Gasteiger partial charge in [0.15, 0.2) is 5.96 Å². The van der Waals surface area contributed by atoms with Crippen molar-refractivity contribution in [3.05, 3.63) is 54.0 Å². The van der Waals surface area contributed by atoms with E-state index >= 15 is 0 Å². The molecule has 2 N–H and O–H groups in total. The number of nitrogens with zero attached hydrogens (tertiary/aromatic N) is 1. The van der Waals surface area contributed by atoms with E-state index in [0.29, 0.717) is 19.7 Å². The van der Waals surface area contributed by atoms with Gasteiger partial charge in [0, 0.05) is 19.5 Å². The van der Waals surface area contributed by atoms with Crippen LogP contribution in [0.3, 0.4) is 0 Å². The molecule has 0 saturated heterocycles. The first-order valence-electron chi connectivity index (χ1n) is 8.02. The van der Waals surface area contributed by atoms with E-state index < -0.39 is 0 Å². The lowest BCUT2D eigenvalue weighted by molar-refractivity contribution is 0.322. The zero-order valence-corrected chi connectivity index (χ0v) is 16.6. The highest BCUT2D eigenvalue weighted by atomic mass is 127. The molecule has 0 radical (unpaired) electrons. The van der Waals surface area contributed by atoms with E-state index in [1.165, 1.54) is 5.56 Å². The molecule has 6 heteroatoms. The van der Waals surface area contributed by atoms with Gasteiger partial charge in [-0.25, -0.2) is 0 Å². The fourth-order valence-electron chi connectivity index (χ4n) is 2.05. The molecule has 0 aliphatic carbocycles. The zero-order valence-electron chi connectivity index (χ0n) is 14.2. The topological polar surface area (TPSA) is 58.8 Å². The standard InChI is InChI=1S/C18H25N3O2.HI/c1-3-19-18(20-11-10-16-5-4-13-22-16)21-12-14-23-17-8-6-15(2)7-9-17;/h4-9,13H,3,10-12,14H2,1-2H3,(H2,19,20,21);1H. The molecule has 0 spiro atoms. The number of aliphatic imine (C=N–C) groups is 1. The van der Waals surface area contributed by atoms with Crippen molar-refractivity contribution in [1.82, 2.24) is 10.6 Å². The third kappa shape index (κ3) is 7.72. The van der Waals surface area contributed by atoms with Crippen LogP contribution in [0.2, 0.25) is 0 Å². The Labute approximate surface area is 160 Å². The lowest BCUT2D eigenvalue weighted by atomic mass is 10.2. The van der Waals surface area contributed by atoms with Gasteiger partial charge in [0.2, 0.25) is 0 Å². The second kappa shape index (κ2) is 11.8. The second-order valence-corrected chi connectivity index (χ2v) is 5.18. The van der Waals surface area contributed by atoms with Gasteiger partial charge in [0.25, 0.3) is 0 Å². The van der Waals surface area contributed by atoms with E-state index in [1.807, 2.05) is 43.3 Å². The molecule has 2 aromatic rings. The maximum absolute atomic E-state index is 5.69. The molecule has 0 fully saturated rings. The number of furan rings is 1.